The Balaban J connectivity index is 1.98. The molecule has 6 nitrogen and oxygen atoms in total. The highest BCUT2D eigenvalue weighted by molar-refractivity contribution is 6.45. The minimum Gasteiger partial charge on any atom is -0.399 e. The van der Waals surface area contributed by atoms with Crippen molar-refractivity contribution in [2.45, 2.75) is 13.3 Å². The van der Waals surface area contributed by atoms with E-state index in [2.05, 4.69) is 5.32 Å². The molecule has 0 spiro atoms. The van der Waals surface area contributed by atoms with Crippen LogP contribution in [-0.2, 0) is 20.8 Å². The van der Waals surface area contributed by atoms with Crippen molar-refractivity contribution in [2.75, 3.05) is 17.2 Å². The van der Waals surface area contributed by atoms with Gasteiger partial charge >= 0.3 is 11.8 Å². The molecule has 0 aromatic heterocycles. The van der Waals surface area contributed by atoms with E-state index in [0.717, 1.165) is 10.5 Å². The molecule has 3 N–H and O–H groups in total. The van der Waals surface area contributed by atoms with Gasteiger partial charge in [-0.1, -0.05) is 12.1 Å². The number of nitrogens with two attached hydrogens (primary N) is 1. The average Bonchev–Trinajstić information content (AvgIpc) is 2.58. The number of anilines is 2. The van der Waals surface area contributed by atoms with Crippen LogP contribution in [0, 0.1) is 5.82 Å². The smallest absolute Gasteiger partial charge is 0.323 e. The maximum Gasteiger partial charge on any atom is 0.323 e. The summed E-state index contributed by atoms with van der Waals surface area (Å²) in [5.41, 5.74) is 7.13. The molecule has 2 aromatic rings. The van der Waals surface area contributed by atoms with Crippen molar-refractivity contribution in [2.24, 2.45) is 0 Å². The largest absolute Gasteiger partial charge is 0.399 e. The summed E-state index contributed by atoms with van der Waals surface area (Å²) in [6.45, 7) is 1.38. The van der Waals surface area contributed by atoms with E-state index < -0.39 is 17.7 Å². The van der Waals surface area contributed by atoms with Gasteiger partial charge in [0.2, 0.25) is 5.91 Å². The second-order valence-corrected chi connectivity index (χ2v) is 5.38. The van der Waals surface area contributed by atoms with Gasteiger partial charge < -0.3 is 11.1 Å². The van der Waals surface area contributed by atoms with Gasteiger partial charge in [0.15, 0.2) is 0 Å². The molecule has 0 aliphatic rings. The molecule has 25 heavy (non-hydrogen) atoms. The van der Waals surface area contributed by atoms with Crippen molar-refractivity contribution in [1.82, 2.24) is 5.32 Å². The van der Waals surface area contributed by atoms with Crippen LogP contribution in [0.1, 0.15) is 12.5 Å². The van der Waals surface area contributed by atoms with Crippen LogP contribution in [0.5, 0.6) is 0 Å². The second-order valence-electron chi connectivity index (χ2n) is 5.38. The minimum absolute atomic E-state index is 0.184. The van der Waals surface area contributed by atoms with Crippen LogP contribution >= 0.6 is 0 Å². The van der Waals surface area contributed by atoms with Crippen molar-refractivity contribution in [1.29, 1.82) is 0 Å². The van der Waals surface area contributed by atoms with Crippen molar-refractivity contribution in [3.8, 4) is 0 Å². The summed E-state index contributed by atoms with van der Waals surface area (Å²) in [5, 5.41) is 2.46. The lowest BCUT2D eigenvalue weighted by Gasteiger charge is -2.18. The molecule has 0 heterocycles. The van der Waals surface area contributed by atoms with Crippen molar-refractivity contribution in [3.63, 3.8) is 0 Å². The number of hydrogen-bond acceptors (Lipinski definition) is 4. The first-order valence-electron chi connectivity index (χ1n) is 7.61. The first-order valence-corrected chi connectivity index (χ1v) is 7.61. The zero-order valence-corrected chi connectivity index (χ0v) is 13.7. The van der Waals surface area contributed by atoms with Crippen LogP contribution in [0.4, 0.5) is 15.8 Å². The first-order chi connectivity index (χ1) is 11.9. The lowest BCUT2D eigenvalue weighted by atomic mass is 10.1. The molecular formula is C18H18FN3O3. The number of hydrogen-bond donors (Lipinski definition) is 2. The molecule has 130 valence electrons. The van der Waals surface area contributed by atoms with E-state index in [1.165, 1.54) is 43.3 Å². The van der Waals surface area contributed by atoms with Crippen molar-refractivity contribution in [3.05, 3.63) is 59.9 Å². The molecular weight excluding hydrogens is 325 g/mol. The van der Waals surface area contributed by atoms with Crippen LogP contribution in [-0.4, -0.2) is 24.3 Å². The number of nitrogens with zero attached hydrogens (tertiary/aromatic N) is 1. The third-order valence-electron chi connectivity index (χ3n) is 3.48. The molecule has 7 heteroatoms. The predicted octanol–water partition coefficient (Wildman–Crippen LogP) is 1.65. The van der Waals surface area contributed by atoms with E-state index in [1.54, 1.807) is 12.1 Å². The van der Waals surface area contributed by atoms with Gasteiger partial charge in [-0.25, -0.2) is 9.29 Å². The topological polar surface area (TPSA) is 92.5 Å². The summed E-state index contributed by atoms with van der Waals surface area (Å²) in [5.74, 6) is -2.79. The minimum atomic E-state index is -0.976. The third kappa shape index (κ3) is 4.87. The summed E-state index contributed by atoms with van der Waals surface area (Å²) in [6.07, 6.45) is 0.432. The predicted molar refractivity (Wildman–Crippen MR) is 92.1 cm³/mol. The van der Waals surface area contributed by atoms with Crippen LogP contribution < -0.4 is 16.0 Å². The van der Waals surface area contributed by atoms with E-state index in [9.17, 15) is 18.8 Å². The van der Waals surface area contributed by atoms with Gasteiger partial charge in [0.05, 0.1) is 5.69 Å². The molecule has 0 aliphatic heterocycles. The number of imide groups is 1. The first kappa shape index (κ1) is 18.1. The number of carbonyl (C=O) groups excluding carboxylic acids is 3. The zero-order chi connectivity index (χ0) is 18.4. The maximum atomic E-state index is 12.8. The molecule has 0 saturated heterocycles. The van der Waals surface area contributed by atoms with Crippen molar-refractivity contribution >= 4 is 29.1 Å². The average molecular weight is 343 g/mol. The highest BCUT2D eigenvalue weighted by Crippen LogP contribution is 2.17. The Hall–Kier alpha value is -3.22. The summed E-state index contributed by atoms with van der Waals surface area (Å²) in [4.78, 5) is 36.8. The Morgan fingerprint density at radius 1 is 1.04 bits per heavy atom. The number of benzene rings is 2. The summed E-state index contributed by atoms with van der Waals surface area (Å²) in [6, 6.07) is 11.9. The Labute approximate surface area is 144 Å². The van der Waals surface area contributed by atoms with E-state index in [0.29, 0.717) is 12.1 Å². The molecule has 0 aliphatic carbocycles. The highest BCUT2D eigenvalue weighted by Gasteiger charge is 2.26. The van der Waals surface area contributed by atoms with Gasteiger partial charge in [-0.05, 0) is 48.4 Å². The van der Waals surface area contributed by atoms with Gasteiger partial charge in [-0.3, -0.25) is 14.4 Å². The monoisotopic (exact) mass is 343 g/mol. The summed E-state index contributed by atoms with van der Waals surface area (Å²) < 4.78 is 12.8. The number of amides is 3. The summed E-state index contributed by atoms with van der Waals surface area (Å²) >= 11 is 0. The quantitative estimate of drug-likeness (QED) is 0.652. The Kier molecular flexibility index (Phi) is 5.84. The van der Waals surface area contributed by atoms with Crippen LogP contribution in [0.2, 0.25) is 0 Å². The van der Waals surface area contributed by atoms with Gasteiger partial charge in [-0.15, -0.1) is 0 Å². The Morgan fingerprint density at radius 2 is 1.64 bits per heavy atom. The zero-order valence-electron chi connectivity index (χ0n) is 13.7. The van der Waals surface area contributed by atoms with E-state index in [4.69, 9.17) is 5.73 Å². The number of nitrogens with one attached hydrogen (secondary N) is 1. The third-order valence-corrected chi connectivity index (χ3v) is 3.48. The second kappa shape index (κ2) is 8.05. The van der Waals surface area contributed by atoms with Crippen LogP contribution in [0.15, 0.2) is 48.5 Å². The lowest BCUT2D eigenvalue weighted by molar-refractivity contribution is -0.139. The molecule has 0 saturated carbocycles. The number of halogens is 1. The molecule has 0 fully saturated rings. The Morgan fingerprint density at radius 3 is 2.20 bits per heavy atom. The van der Waals surface area contributed by atoms with Gasteiger partial charge in [0.1, 0.15) is 5.82 Å². The number of nitrogen functional groups attached to an aromatic ring is 1. The van der Waals surface area contributed by atoms with Gasteiger partial charge in [-0.2, -0.15) is 0 Å². The van der Waals surface area contributed by atoms with Gasteiger partial charge in [0, 0.05) is 19.2 Å². The van der Waals surface area contributed by atoms with E-state index >= 15 is 0 Å². The lowest BCUT2D eigenvalue weighted by Crippen LogP contribution is -2.45. The fourth-order valence-electron chi connectivity index (χ4n) is 2.21. The normalized spacial score (nSPS) is 10.2. The fourth-order valence-corrected chi connectivity index (χ4v) is 2.21. The number of rotatable bonds is 4. The molecule has 0 unspecified atom stereocenters. The highest BCUT2D eigenvalue weighted by atomic mass is 19.1. The van der Waals surface area contributed by atoms with E-state index in [1.807, 2.05) is 0 Å². The molecule has 0 bridgehead atoms. The summed E-state index contributed by atoms with van der Waals surface area (Å²) in [7, 11) is 0. The molecule has 3 amide bonds. The SMILES string of the molecule is CC(=O)N(C(=O)C(=O)NCCc1ccc(F)cc1)c1ccc(N)cc1. The maximum absolute atomic E-state index is 12.8. The fraction of sp³-hybridized carbons (Fsp3) is 0.167. The molecule has 0 atom stereocenters. The Bertz CT molecular complexity index is 773. The molecule has 2 rings (SSSR count). The molecule has 2 aromatic carbocycles. The van der Waals surface area contributed by atoms with Gasteiger partial charge in [0.25, 0.3) is 0 Å². The van der Waals surface area contributed by atoms with E-state index in [-0.39, 0.29) is 18.0 Å². The van der Waals surface area contributed by atoms with Crippen molar-refractivity contribution < 1.29 is 18.8 Å². The molecule has 0 radical (unpaired) electrons. The van der Waals surface area contributed by atoms with Crippen LogP contribution in [0.3, 0.4) is 0 Å². The number of carbonyl (C=O) groups is 3. The standard InChI is InChI=1S/C18H18FN3O3/c1-12(23)22(16-8-6-15(20)7-9-16)18(25)17(24)21-11-10-13-2-4-14(19)5-3-13/h2-9H,10-11,20H2,1H3,(H,21,24). The van der Waals surface area contributed by atoms with Crippen LogP contribution in [0.25, 0.3) is 0 Å².